The van der Waals surface area contributed by atoms with Crippen molar-refractivity contribution >= 4 is 22.7 Å². The smallest absolute Gasteiger partial charge is 0.768 e. The van der Waals surface area contributed by atoms with Crippen molar-refractivity contribution in [1.82, 2.24) is 0 Å². The second-order valence-corrected chi connectivity index (χ2v) is 4.19. The van der Waals surface area contributed by atoms with E-state index >= 15 is 0 Å². The summed E-state index contributed by atoms with van der Waals surface area (Å²) >= 11 is -2.43. The van der Waals surface area contributed by atoms with E-state index in [2.05, 4.69) is 5.32 Å². The molecule has 0 saturated heterocycles. The summed E-state index contributed by atoms with van der Waals surface area (Å²) in [6.45, 7) is 2.04. The van der Waals surface area contributed by atoms with Gasteiger partial charge >= 0.3 is 29.6 Å². The monoisotopic (exact) mass is 295 g/mol. The first kappa shape index (κ1) is 18.6. The molecule has 0 radical (unpaired) electrons. The first-order chi connectivity index (χ1) is 8.58. The van der Waals surface area contributed by atoms with Gasteiger partial charge in [0, 0.05) is 17.6 Å². The molecule has 19 heavy (non-hydrogen) atoms. The summed E-state index contributed by atoms with van der Waals surface area (Å²) < 4.78 is 31.9. The number of rotatable bonds is 6. The molecule has 1 N–H and O–H groups in total. The van der Waals surface area contributed by atoms with E-state index in [1.165, 1.54) is 25.3 Å². The van der Waals surface area contributed by atoms with E-state index in [4.69, 9.17) is 9.47 Å². The number of benzene rings is 1. The molecular weight excluding hydrogens is 281 g/mol. The zero-order chi connectivity index (χ0) is 13.5. The van der Waals surface area contributed by atoms with Crippen LogP contribution in [0.15, 0.2) is 23.1 Å². The maximum absolute atomic E-state index is 11.5. The van der Waals surface area contributed by atoms with E-state index in [0.717, 1.165) is 0 Å². The Morgan fingerprint density at radius 2 is 2.16 bits per heavy atom. The van der Waals surface area contributed by atoms with Crippen LogP contribution in [-0.4, -0.2) is 35.0 Å². The Bertz CT molecular complexity index is 455. The Kier molecular flexibility index (Phi) is 9.24. The van der Waals surface area contributed by atoms with Crippen molar-refractivity contribution in [2.24, 2.45) is 0 Å². The van der Waals surface area contributed by atoms with E-state index in [1.54, 1.807) is 6.92 Å². The van der Waals surface area contributed by atoms with Crippen LogP contribution < -0.4 is 39.6 Å². The van der Waals surface area contributed by atoms with E-state index < -0.39 is 17.0 Å². The predicted molar refractivity (Wildman–Crippen MR) is 65.3 cm³/mol. The molecule has 0 spiro atoms. The minimum atomic E-state index is -2.43. The van der Waals surface area contributed by atoms with Crippen LogP contribution in [-0.2, 0) is 20.6 Å². The van der Waals surface area contributed by atoms with Gasteiger partial charge < -0.3 is 19.3 Å². The van der Waals surface area contributed by atoms with Gasteiger partial charge in [-0.1, -0.05) is 0 Å². The van der Waals surface area contributed by atoms with E-state index in [9.17, 15) is 13.6 Å². The molecular formula is C11H14NNaO5S. The summed E-state index contributed by atoms with van der Waals surface area (Å²) in [5.41, 5.74) is 0.174. The molecule has 6 nitrogen and oxygen atoms in total. The Morgan fingerprint density at radius 3 is 2.68 bits per heavy atom. The van der Waals surface area contributed by atoms with Gasteiger partial charge in [-0.3, -0.25) is 9.00 Å². The maximum atomic E-state index is 11.5. The third-order valence-corrected chi connectivity index (χ3v) is 2.79. The SMILES string of the molecule is CCOCC(=O)Nc1cc(OC)ccc1S(=O)[O-].[Na+]. The minimum absolute atomic E-state index is 0. The first-order valence-corrected chi connectivity index (χ1v) is 6.30. The molecule has 0 bridgehead atoms. The quantitative estimate of drug-likeness (QED) is 0.480. The van der Waals surface area contributed by atoms with Crippen molar-refractivity contribution in [3.63, 3.8) is 0 Å². The molecule has 1 amide bonds. The van der Waals surface area contributed by atoms with Gasteiger partial charge in [0.25, 0.3) is 0 Å². The van der Waals surface area contributed by atoms with Gasteiger partial charge in [-0.15, -0.1) is 0 Å². The van der Waals surface area contributed by atoms with Crippen molar-refractivity contribution in [3.05, 3.63) is 18.2 Å². The predicted octanol–water partition coefficient (Wildman–Crippen LogP) is -2.09. The molecule has 0 aliphatic heterocycles. The van der Waals surface area contributed by atoms with Crippen molar-refractivity contribution in [1.29, 1.82) is 0 Å². The average Bonchev–Trinajstić information content (AvgIpc) is 2.35. The Morgan fingerprint density at radius 1 is 1.47 bits per heavy atom. The van der Waals surface area contributed by atoms with E-state index in [0.29, 0.717) is 12.4 Å². The topological polar surface area (TPSA) is 87.7 Å². The Balaban J connectivity index is 0.00000324. The van der Waals surface area contributed by atoms with Crippen molar-refractivity contribution in [2.45, 2.75) is 11.8 Å². The third-order valence-electron chi connectivity index (χ3n) is 2.08. The number of nitrogens with one attached hydrogen (secondary N) is 1. The van der Waals surface area contributed by atoms with Gasteiger partial charge in [0.2, 0.25) is 5.91 Å². The third kappa shape index (κ3) is 6.03. The molecule has 0 aliphatic carbocycles. The van der Waals surface area contributed by atoms with Crippen LogP contribution in [0, 0.1) is 0 Å². The largest absolute Gasteiger partial charge is 1.00 e. The Hall–Kier alpha value is -0.440. The molecule has 0 aliphatic rings. The summed E-state index contributed by atoms with van der Waals surface area (Å²) in [6, 6.07) is 4.30. The molecule has 0 heterocycles. The second-order valence-electron chi connectivity index (χ2n) is 3.28. The van der Waals surface area contributed by atoms with Crippen LogP contribution >= 0.6 is 0 Å². The first-order valence-electron chi connectivity index (χ1n) is 5.23. The molecule has 1 aromatic rings. The molecule has 0 saturated carbocycles. The summed E-state index contributed by atoms with van der Waals surface area (Å²) in [6.07, 6.45) is 0. The molecule has 8 heteroatoms. The average molecular weight is 295 g/mol. The summed E-state index contributed by atoms with van der Waals surface area (Å²) in [4.78, 5) is 11.5. The zero-order valence-corrected chi connectivity index (χ0v) is 13.9. The van der Waals surface area contributed by atoms with Crippen LogP contribution in [0.4, 0.5) is 5.69 Å². The number of hydrogen-bond acceptors (Lipinski definition) is 5. The van der Waals surface area contributed by atoms with E-state index in [-0.39, 0.29) is 46.7 Å². The number of anilines is 1. The van der Waals surface area contributed by atoms with Crippen LogP contribution in [0.5, 0.6) is 5.75 Å². The normalized spacial score (nSPS) is 11.3. The summed E-state index contributed by atoms with van der Waals surface area (Å²) in [5.74, 6) is 0.0349. The van der Waals surface area contributed by atoms with Crippen LogP contribution in [0.25, 0.3) is 0 Å². The van der Waals surface area contributed by atoms with Gasteiger partial charge in [-0.25, -0.2) is 0 Å². The summed E-state index contributed by atoms with van der Waals surface area (Å²) in [7, 11) is 1.45. The fraction of sp³-hybridized carbons (Fsp3) is 0.364. The van der Waals surface area contributed by atoms with Crippen molar-refractivity contribution in [3.8, 4) is 5.75 Å². The fourth-order valence-corrected chi connectivity index (χ4v) is 1.73. The van der Waals surface area contributed by atoms with Crippen molar-refractivity contribution < 1.29 is 52.6 Å². The minimum Gasteiger partial charge on any atom is -0.768 e. The number of amides is 1. The molecule has 1 atom stereocenters. The number of methoxy groups -OCH3 is 1. The number of carbonyl (C=O) groups is 1. The Labute approximate surface area is 136 Å². The molecule has 1 aromatic carbocycles. The molecule has 1 rings (SSSR count). The van der Waals surface area contributed by atoms with E-state index in [1.807, 2.05) is 0 Å². The summed E-state index contributed by atoms with van der Waals surface area (Å²) in [5, 5.41) is 2.46. The van der Waals surface area contributed by atoms with Gasteiger partial charge in [0.1, 0.15) is 12.4 Å². The van der Waals surface area contributed by atoms with Crippen LogP contribution in [0.1, 0.15) is 6.92 Å². The van der Waals surface area contributed by atoms with Gasteiger partial charge in [0.15, 0.2) is 0 Å². The molecule has 100 valence electrons. The second kappa shape index (κ2) is 9.46. The maximum Gasteiger partial charge on any atom is 1.00 e. The number of hydrogen-bond donors (Lipinski definition) is 1. The van der Waals surface area contributed by atoms with Gasteiger partial charge in [-0.2, -0.15) is 0 Å². The number of ether oxygens (including phenoxy) is 2. The number of carbonyl (C=O) groups excluding carboxylic acids is 1. The van der Waals surface area contributed by atoms with Gasteiger partial charge in [0.05, 0.1) is 12.8 Å². The van der Waals surface area contributed by atoms with Crippen LogP contribution in [0.3, 0.4) is 0 Å². The van der Waals surface area contributed by atoms with Crippen molar-refractivity contribution in [2.75, 3.05) is 25.6 Å². The molecule has 0 fully saturated rings. The fourth-order valence-electron chi connectivity index (χ4n) is 1.26. The van der Waals surface area contributed by atoms with Gasteiger partial charge in [-0.05, 0) is 30.1 Å². The zero-order valence-electron chi connectivity index (χ0n) is 11.1. The standard InChI is InChI=1S/C11H15NO5S.Na/c1-3-17-7-11(13)12-9-6-8(16-2)4-5-10(9)18(14)15;/h4-6H,3,7H2,1-2H3,(H,12,13)(H,14,15);/q;+1/p-1. The molecule has 0 aromatic heterocycles. The van der Waals surface area contributed by atoms with Crippen LogP contribution in [0.2, 0.25) is 0 Å². The molecule has 1 unspecified atom stereocenters.